The third-order valence-corrected chi connectivity index (χ3v) is 1.59. The van der Waals surface area contributed by atoms with Crippen molar-refractivity contribution in [2.45, 2.75) is 31.9 Å². The van der Waals surface area contributed by atoms with E-state index in [0.717, 1.165) is 6.92 Å². The summed E-state index contributed by atoms with van der Waals surface area (Å²) in [6, 6.07) is 0. The first kappa shape index (κ1) is 10.3. The molecule has 0 radical (unpaired) electrons. The van der Waals surface area contributed by atoms with Gasteiger partial charge in [-0.25, -0.2) is 9.18 Å². The van der Waals surface area contributed by atoms with Crippen LogP contribution in [0.2, 0.25) is 0 Å². The second-order valence-electron chi connectivity index (χ2n) is 2.43. The fourth-order valence-electron chi connectivity index (χ4n) is 0.445. The van der Waals surface area contributed by atoms with Gasteiger partial charge in [-0.3, -0.25) is 0 Å². The Labute approximate surface area is 62.0 Å². The molecule has 0 aromatic rings. The lowest BCUT2D eigenvalue weighted by molar-refractivity contribution is -0.189. The Bertz CT molecular complexity index is 165. The second kappa shape index (κ2) is 2.71. The van der Waals surface area contributed by atoms with E-state index in [1.807, 2.05) is 0 Å². The Morgan fingerprint density at radius 2 is 1.82 bits per heavy atom. The van der Waals surface area contributed by atoms with Crippen molar-refractivity contribution in [2.75, 3.05) is 0 Å². The summed E-state index contributed by atoms with van der Waals surface area (Å²) < 4.78 is 37.4. The largest absolute Gasteiger partial charge is 0.477 e. The van der Waals surface area contributed by atoms with Gasteiger partial charge in [-0.05, 0) is 13.3 Å². The van der Waals surface area contributed by atoms with Gasteiger partial charge in [0.15, 0.2) is 5.67 Å². The smallest absolute Gasteiger partial charge is 0.378 e. The molecule has 0 fully saturated rings. The molecule has 0 bridgehead atoms. The van der Waals surface area contributed by atoms with E-state index in [2.05, 4.69) is 0 Å². The van der Waals surface area contributed by atoms with Crippen molar-refractivity contribution in [3.8, 4) is 0 Å². The van der Waals surface area contributed by atoms with Crippen molar-refractivity contribution in [3.05, 3.63) is 0 Å². The average molecular weight is 170 g/mol. The lowest BCUT2D eigenvalue weighted by Crippen LogP contribution is -2.47. The summed E-state index contributed by atoms with van der Waals surface area (Å²) in [6.07, 6.45) is -0.535. The summed E-state index contributed by atoms with van der Waals surface area (Å²) in [5.74, 6) is -6.73. The van der Waals surface area contributed by atoms with E-state index in [1.54, 1.807) is 0 Å². The first-order valence-electron chi connectivity index (χ1n) is 3.06. The van der Waals surface area contributed by atoms with Crippen LogP contribution in [0, 0.1) is 0 Å². The van der Waals surface area contributed by atoms with Gasteiger partial charge in [0.05, 0.1) is 0 Å². The SMILES string of the molecule is CCC(C)(F)C(F)(F)C(=O)O. The summed E-state index contributed by atoms with van der Waals surface area (Å²) in [5, 5.41) is 7.92. The maximum Gasteiger partial charge on any atom is 0.378 e. The zero-order chi connectivity index (χ0) is 9.28. The number of rotatable bonds is 3. The van der Waals surface area contributed by atoms with Gasteiger partial charge < -0.3 is 5.11 Å². The molecular weight excluding hydrogens is 161 g/mol. The number of carboxylic acid groups (broad SMARTS) is 1. The molecule has 0 aliphatic rings. The average Bonchev–Trinajstić information content (AvgIpc) is 1.87. The summed E-state index contributed by atoms with van der Waals surface area (Å²) in [5.41, 5.74) is -2.97. The fraction of sp³-hybridized carbons (Fsp3) is 0.833. The summed E-state index contributed by atoms with van der Waals surface area (Å²) in [7, 11) is 0. The molecule has 5 heteroatoms. The number of hydrogen-bond donors (Lipinski definition) is 1. The highest BCUT2D eigenvalue weighted by molar-refractivity contribution is 5.76. The van der Waals surface area contributed by atoms with Crippen molar-refractivity contribution in [1.82, 2.24) is 0 Å². The van der Waals surface area contributed by atoms with E-state index in [4.69, 9.17) is 5.11 Å². The highest BCUT2D eigenvalue weighted by atomic mass is 19.3. The van der Waals surface area contributed by atoms with E-state index in [-0.39, 0.29) is 0 Å². The molecular formula is C6H9F3O2. The van der Waals surface area contributed by atoms with Crippen LogP contribution in [-0.4, -0.2) is 22.7 Å². The van der Waals surface area contributed by atoms with Crippen molar-refractivity contribution in [2.24, 2.45) is 0 Å². The number of halogens is 3. The summed E-state index contributed by atoms with van der Waals surface area (Å²) in [4.78, 5) is 9.84. The lowest BCUT2D eigenvalue weighted by Gasteiger charge is -2.24. The van der Waals surface area contributed by atoms with Gasteiger partial charge in [0.1, 0.15) is 0 Å². The molecule has 0 spiro atoms. The molecule has 11 heavy (non-hydrogen) atoms. The number of alkyl halides is 3. The molecule has 0 aromatic carbocycles. The maximum atomic E-state index is 12.7. The molecule has 0 aliphatic carbocycles. The van der Waals surface area contributed by atoms with Crippen LogP contribution in [0.15, 0.2) is 0 Å². The minimum atomic E-state index is -4.30. The van der Waals surface area contributed by atoms with Crippen LogP contribution in [0.25, 0.3) is 0 Å². The van der Waals surface area contributed by atoms with Crippen molar-refractivity contribution in [3.63, 3.8) is 0 Å². The lowest BCUT2D eigenvalue weighted by atomic mass is 9.97. The molecule has 0 heterocycles. The third-order valence-electron chi connectivity index (χ3n) is 1.59. The normalized spacial score (nSPS) is 17.5. The van der Waals surface area contributed by atoms with Crippen LogP contribution in [0.4, 0.5) is 13.2 Å². The predicted molar refractivity (Wildman–Crippen MR) is 32.4 cm³/mol. The Morgan fingerprint density at radius 3 is 1.91 bits per heavy atom. The molecule has 1 unspecified atom stereocenters. The Morgan fingerprint density at radius 1 is 1.45 bits per heavy atom. The van der Waals surface area contributed by atoms with Crippen LogP contribution in [0.1, 0.15) is 20.3 Å². The van der Waals surface area contributed by atoms with Crippen LogP contribution < -0.4 is 0 Å². The van der Waals surface area contributed by atoms with Crippen LogP contribution in [-0.2, 0) is 4.79 Å². The summed E-state index contributed by atoms with van der Waals surface area (Å²) >= 11 is 0. The van der Waals surface area contributed by atoms with Gasteiger partial charge in [-0.2, -0.15) is 8.78 Å². The Hall–Kier alpha value is -0.740. The quantitative estimate of drug-likeness (QED) is 0.701. The van der Waals surface area contributed by atoms with Crippen molar-refractivity contribution >= 4 is 5.97 Å². The van der Waals surface area contributed by atoms with Gasteiger partial charge in [-0.1, -0.05) is 6.92 Å². The molecule has 0 saturated carbocycles. The van der Waals surface area contributed by atoms with Crippen LogP contribution in [0.5, 0.6) is 0 Å². The molecule has 0 aliphatic heterocycles. The van der Waals surface area contributed by atoms with Gasteiger partial charge in [-0.15, -0.1) is 0 Å². The highest BCUT2D eigenvalue weighted by Gasteiger charge is 2.56. The Balaban J connectivity index is 4.67. The zero-order valence-corrected chi connectivity index (χ0v) is 6.20. The van der Waals surface area contributed by atoms with E-state index < -0.39 is 24.0 Å². The van der Waals surface area contributed by atoms with Crippen LogP contribution >= 0.6 is 0 Å². The van der Waals surface area contributed by atoms with E-state index >= 15 is 0 Å². The molecule has 0 saturated heterocycles. The zero-order valence-electron chi connectivity index (χ0n) is 6.20. The highest BCUT2D eigenvalue weighted by Crippen LogP contribution is 2.34. The number of carbonyl (C=O) groups is 1. The molecule has 0 amide bonds. The standard InChI is InChI=1S/C6H9F3O2/c1-3-5(2,7)6(8,9)4(10)11/h3H2,1-2H3,(H,10,11). The van der Waals surface area contributed by atoms with E-state index in [9.17, 15) is 18.0 Å². The third kappa shape index (κ3) is 1.64. The van der Waals surface area contributed by atoms with Crippen molar-refractivity contribution in [1.29, 1.82) is 0 Å². The molecule has 0 aromatic heterocycles. The first-order chi connectivity index (χ1) is 4.75. The number of carboxylic acids is 1. The minimum Gasteiger partial charge on any atom is -0.477 e. The van der Waals surface area contributed by atoms with Gasteiger partial charge >= 0.3 is 11.9 Å². The predicted octanol–water partition coefficient (Wildman–Crippen LogP) is 1.84. The molecule has 2 nitrogen and oxygen atoms in total. The first-order valence-corrected chi connectivity index (χ1v) is 3.06. The second-order valence-corrected chi connectivity index (χ2v) is 2.43. The van der Waals surface area contributed by atoms with E-state index in [1.165, 1.54) is 0 Å². The summed E-state index contributed by atoms with van der Waals surface area (Å²) in [6.45, 7) is 1.73. The Kier molecular flexibility index (Phi) is 2.53. The van der Waals surface area contributed by atoms with Crippen LogP contribution in [0.3, 0.4) is 0 Å². The number of hydrogen-bond acceptors (Lipinski definition) is 1. The molecule has 1 N–H and O–H groups in total. The molecule has 1 atom stereocenters. The van der Waals surface area contributed by atoms with E-state index in [0.29, 0.717) is 6.92 Å². The topological polar surface area (TPSA) is 37.3 Å². The van der Waals surface area contributed by atoms with Gasteiger partial charge in [0, 0.05) is 0 Å². The maximum absolute atomic E-state index is 12.7. The number of aliphatic carboxylic acids is 1. The van der Waals surface area contributed by atoms with Crippen molar-refractivity contribution < 1.29 is 23.1 Å². The molecule has 66 valence electrons. The fourth-order valence-corrected chi connectivity index (χ4v) is 0.445. The monoisotopic (exact) mass is 170 g/mol. The minimum absolute atomic E-state index is 0.535. The molecule has 0 rings (SSSR count). The van der Waals surface area contributed by atoms with Gasteiger partial charge in [0.25, 0.3) is 0 Å². The van der Waals surface area contributed by atoms with Gasteiger partial charge in [0.2, 0.25) is 0 Å².